The van der Waals surface area contributed by atoms with Gasteiger partial charge in [-0.2, -0.15) is 0 Å². The van der Waals surface area contributed by atoms with Gasteiger partial charge in [-0.1, -0.05) is 35.3 Å². The zero-order valence-electron chi connectivity index (χ0n) is 16.8. The molecule has 0 N–H and O–H groups in total. The molecule has 1 saturated heterocycles. The van der Waals surface area contributed by atoms with Crippen LogP contribution in [-0.4, -0.2) is 58.5 Å². The molecule has 0 saturated carbocycles. The monoisotopic (exact) mass is 464 g/mol. The minimum Gasteiger partial charge on any atom is -0.336 e. The number of amides is 1. The molecule has 1 aliphatic heterocycles. The number of carbonyl (C=O) groups excluding carboxylic acids is 1. The highest BCUT2D eigenvalue weighted by atomic mass is 35.5. The Morgan fingerprint density at radius 3 is 2.47 bits per heavy atom. The van der Waals surface area contributed by atoms with E-state index in [0.29, 0.717) is 21.6 Å². The average Bonchev–Trinajstić information content (AvgIpc) is 3.35. The van der Waals surface area contributed by atoms with Gasteiger partial charge in [-0.3, -0.25) is 9.36 Å². The van der Waals surface area contributed by atoms with E-state index in [-0.39, 0.29) is 24.4 Å². The zero-order chi connectivity index (χ0) is 20.5. The maximum absolute atomic E-state index is 13.2. The largest absolute Gasteiger partial charge is 0.336 e. The third-order valence-electron chi connectivity index (χ3n) is 5.38. The van der Waals surface area contributed by atoms with E-state index < -0.39 is 0 Å². The lowest BCUT2D eigenvalue weighted by Gasteiger charge is -2.23. The van der Waals surface area contributed by atoms with Gasteiger partial charge in [-0.15, -0.1) is 12.4 Å². The number of rotatable bonds is 4. The lowest BCUT2D eigenvalue weighted by atomic mass is 10.2. The van der Waals surface area contributed by atoms with Crippen molar-refractivity contribution < 1.29 is 4.79 Å². The van der Waals surface area contributed by atoms with Crippen LogP contribution in [0, 0.1) is 0 Å². The van der Waals surface area contributed by atoms with E-state index in [2.05, 4.69) is 11.9 Å². The molecule has 1 unspecified atom stereocenters. The standard InChI is InChI=1S/C22H22Cl2N4O.ClH/c1-26-12-11-17(13-26)27(2)22(29)20-14-28(16-9-7-15(23)8-10-16)21(25-20)18-5-3-4-6-19(18)24;/h3-10,14,17H,11-13H2,1-2H3;1H. The zero-order valence-corrected chi connectivity index (χ0v) is 19.1. The van der Waals surface area contributed by atoms with Crippen LogP contribution >= 0.6 is 35.6 Å². The van der Waals surface area contributed by atoms with Crippen molar-refractivity contribution >= 4 is 41.5 Å². The number of halogens is 3. The van der Waals surface area contributed by atoms with Crippen LogP contribution in [0.5, 0.6) is 0 Å². The first kappa shape index (κ1) is 22.6. The molecule has 30 heavy (non-hydrogen) atoms. The molecule has 158 valence electrons. The summed E-state index contributed by atoms with van der Waals surface area (Å²) < 4.78 is 1.89. The van der Waals surface area contributed by atoms with Crippen molar-refractivity contribution in [3.63, 3.8) is 0 Å². The van der Waals surface area contributed by atoms with Crippen molar-refractivity contribution in [3.8, 4) is 17.1 Å². The Hall–Kier alpha value is -2.05. The molecule has 1 aliphatic rings. The summed E-state index contributed by atoms with van der Waals surface area (Å²) in [6.07, 6.45) is 2.74. The Morgan fingerprint density at radius 2 is 1.83 bits per heavy atom. The molecule has 2 aromatic carbocycles. The van der Waals surface area contributed by atoms with Crippen LogP contribution in [0.15, 0.2) is 54.7 Å². The number of aromatic nitrogens is 2. The summed E-state index contributed by atoms with van der Waals surface area (Å²) >= 11 is 12.5. The van der Waals surface area contributed by atoms with Crippen LogP contribution in [0.4, 0.5) is 0 Å². The molecular formula is C22H23Cl3N4O. The molecule has 1 amide bonds. The molecule has 1 atom stereocenters. The van der Waals surface area contributed by atoms with Crippen molar-refractivity contribution in [2.75, 3.05) is 27.2 Å². The molecule has 8 heteroatoms. The Balaban J connectivity index is 0.00000256. The molecule has 3 aromatic rings. The lowest BCUT2D eigenvalue weighted by Crippen LogP contribution is -2.38. The maximum atomic E-state index is 13.2. The van der Waals surface area contributed by atoms with E-state index >= 15 is 0 Å². The summed E-state index contributed by atoms with van der Waals surface area (Å²) in [4.78, 5) is 21.9. The minimum atomic E-state index is -0.0914. The number of imidazole rings is 1. The second-order valence-electron chi connectivity index (χ2n) is 7.40. The van der Waals surface area contributed by atoms with Gasteiger partial charge < -0.3 is 9.80 Å². The van der Waals surface area contributed by atoms with Gasteiger partial charge in [0.2, 0.25) is 0 Å². The fraction of sp³-hybridized carbons (Fsp3) is 0.273. The number of likely N-dealkylation sites (N-methyl/N-ethyl adjacent to an activating group) is 2. The molecule has 2 heterocycles. The molecule has 0 aliphatic carbocycles. The normalized spacial score (nSPS) is 16.3. The van der Waals surface area contributed by atoms with Crippen LogP contribution < -0.4 is 0 Å². The Bertz CT molecular complexity index is 1040. The second-order valence-corrected chi connectivity index (χ2v) is 8.24. The summed E-state index contributed by atoms with van der Waals surface area (Å²) in [6, 6.07) is 15.1. The third-order valence-corrected chi connectivity index (χ3v) is 5.96. The Labute approximate surface area is 192 Å². The minimum absolute atomic E-state index is 0. The number of likely N-dealkylation sites (tertiary alicyclic amines) is 1. The van der Waals surface area contributed by atoms with E-state index in [4.69, 9.17) is 28.2 Å². The molecule has 1 aromatic heterocycles. The summed E-state index contributed by atoms with van der Waals surface area (Å²) in [5.41, 5.74) is 2.03. The molecular weight excluding hydrogens is 443 g/mol. The van der Waals surface area contributed by atoms with Gasteiger partial charge >= 0.3 is 0 Å². The van der Waals surface area contributed by atoms with Gasteiger partial charge in [0.1, 0.15) is 11.5 Å². The number of benzene rings is 2. The highest BCUT2D eigenvalue weighted by Gasteiger charge is 2.29. The van der Waals surface area contributed by atoms with E-state index in [0.717, 1.165) is 30.8 Å². The average molecular weight is 466 g/mol. The molecule has 0 spiro atoms. The van der Waals surface area contributed by atoms with E-state index in [1.165, 1.54) is 0 Å². The van der Waals surface area contributed by atoms with Crippen LogP contribution in [0.2, 0.25) is 10.0 Å². The summed E-state index contributed by atoms with van der Waals surface area (Å²) in [5, 5.41) is 1.23. The number of nitrogens with zero attached hydrogens (tertiary/aromatic N) is 4. The van der Waals surface area contributed by atoms with Crippen LogP contribution in [0.25, 0.3) is 17.1 Å². The molecule has 5 nitrogen and oxygen atoms in total. The Kier molecular flexibility index (Phi) is 7.09. The predicted octanol–water partition coefficient (Wildman–Crippen LogP) is 5.04. The SMILES string of the molecule is CN1CCC(N(C)C(=O)c2cn(-c3ccc(Cl)cc3)c(-c3ccccc3Cl)n2)C1.Cl. The first-order valence-electron chi connectivity index (χ1n) is 9.50. The van der Waals surface area contributed by atoms with E-state index in [1.54, 1.807) is 11.1 Å². The smallest absolute Gasteiger partial charge is 0.274 e. The highest BCUT2D eigenvalue weighted by molar-refractivity contribution is 6.33. The topological polar surface area (TPSA) is 41.4 Å². The van der Waals surface area contributed by atoms with Crippen molar-refractivity contribution in [1.82, 2.24) is 19.4 Å². The van der Waals surface area contributed by atoms with Crippen LogP contribution in [0.3, 0.4) is 0 Å². The quantitative estimate of drug-likeness (QED) is 0.542. The van der Waals surface area contributed by atoms with Gasteiger partial charge in [0.25, 0.3) is 5.91 Å². The van der Waals surface area contributed by atoms with Crippen molar-refractivity contribution in [2.24, 2.45) is 0 Å². The van der Waals surface area contributed by atoms with Crippen LogP contribution in [-0.2, 0) is 0 Å². The van der Waals surface area contributed by atoms with Crippen molar-refractivity contribution in [3.05, 3.63) is 70.5 Å². The summed E-state index contributed by atoms with van der Waals surface area (Å²) in [5.74, 6) is 0.532. The fourth-order valence-corrected chi connectivity index (χ4v) is 4.03. The second kappa shape index (κ2) is 9.40. The summed E-state index contributed by atoms with van der Waals surface area (Å²) in [6.45, 7) is 1.86. The maximum Gasteiger partial charge on any atom is 0.274 e. The van der Waals surface area contributed by atoms with Crippen LogP contribution in [0.1, 0.15) is 16.9 Å². The van der Waals surface area contributed by atoms with Gasteiger partial charge in [0.15, 0.2) is 0 Å². The molecule has 4 rings (SSSR count). The molecule has 0 bridgehead atoms. The Morgan fingerprint density at radius 1 is 1.13 bits per heavy atom. The van der Waals surface area contributed by atoms with Gasteiger partial charge in [0, 0.05) is 42.1 Å². The summed E-state index contributed by atoms with van der Waals surface area (Å²) in [7, 11) is 3.92. The van der Waals surface area contributed by atoms with Gasteiger partial charge in [-0.05, 0) is 56.4 Å². The predicted molar refractivity (Wildman–Crippen MR) is 124 cm³/mol. The van der Waals surface area contributed by atoms with Gasteiger partial charge in [-0.25, -0.2) is 4.98 Å². The first-order valence-corrected chi connectivity index (χ1v) is 10.3. The highest BCUT2D eigenvalue weighted by Crippen LogP contribution is 2.30. The first-order chi connectivity index (χ1) is 13.9. The van der Waals surface area contributed by atoms with E-state index in [9.17, 15) is 4.79 Å². The van der Waals surface area contributed by atoms with Gasteiger partial charge in [0.05, 0.1) is 5.02 Å². The molecule has 0 radical (unpaired) electrons. The van der Waals surface area contributed by atoms with Crippen molar-refractivity contribution in [1.29, 1.82) is 0 Å². The number of hydrogen-bond acceptors (Lipinski definition) is 3. The third kappa shape index (κ3) is 4.49. The molecule has 1 fully saturated rings. The number of carbonyl (C=O) groups is 1. The van der Waals surface area contributed by atoms with Crippen molar-refractivity contribution in [2.45, 2.75) is 12.5 Å². The van der Waals surface area contributed by atoms with E-state index in [1.807, 2.05) is 60.1 Å². The number of hydrogen-bond donors (Lipinski definition) is 0. The fourth-order valence-electron chi connectivity index (χ4n) is 3.69. The lowest BCUT2D eigenvalue weighted by molar-refractivity contribution is 0.0732.